The minimum Gasteiger partial charge on any atom is -0.357 e. The highest BCUT2D eigenvalue weighted by Crippen LogP contribution is 2.03. The molecule has 0 atom stereocenters. The van der Waals surface area contributed by atoms with Crippen LogP contribution in [0.25, 0.3) is 0 Å². The number of nitrogens with one attached hydrogen (secondary N) is 3. The van der Waals surface area contributed by atoms with Crippen molar-refractivity contribution in [3.63, 3.8) is 0 Å². The summed E-state index contributed by atoms with van der Waals surface area (Å²) in [7, 11) is 1.88. The Morgan fingerprint density at radius 3 is 2.54 bits per heavy atom. The lowest BCUT2D eigenvalue weighted by molar-refractivity contribution is -0.120. The zero-order chi connectivity index (χ0) is 18.8. The highest BCUT2D eigenvalue weighted by atomic mass is 19.1. The third-order valence-corrected chi connectivity index (χ3v) is 3.68. The largest absolute Gasteiger partial charge is 0.357 e. The van der Waals surface area contributed by atoms with Crippen molar-refractivity contribution in [2.75, 3.05) is 19.6 Å². The lowest BCUT2D eigenvalue weighted by Crippen LogP contribution is -2.41. The summed E-state index contributed by atoms with van der Waals surface area (Å²) >= 11 is 0. The van der Waals surface area contributed by atoms with Crippen LogP contribution in [0.5, 0.6) is 0 Å². The van der Waals surface area contributed by atoms with Gasteiger partial charge in [-0.25, -0.2) is 9.38 Å². The minimum atomic E-state index is -0.306. The Morgan fingerprint density at radius 2 is 1.88 bits per heavy atom. The fourth-order valence-corrected chi connectivity index (χ4v) is 2.29. The van der Waals surface area contributed by atoms with Crippen molar-refractivity contribution in [1.29, 1.82) is 0 Å². The van der Waals surface area contributed by atoms with Gasteiger partial charge in [-0.3, -0.25) is 9.48 Å². The highest BCUT2D eigenvalue weighted by molar-refractivity contribution is 5.80. The number of aliphatic imine (C=N–C) groups is 1. The molecule has 0 unspecified atom stereocenters. The molecule has 3 N–H and O–H groups in total. The van der Waals surface area contributed by atoms with E-state index < -0.39 is 0 Å². The summed E-state index contributed by atoms with van der Waals surface area (Å²) in [5.41, 5.74) is 1.79. The summed E-state index contributed by atoms with van der Waals surface area (Å²) in [6.45, 7) is 4.27. The van der Waals surface area contributed by atoms with Crippen LogP contribution < -0.4 is 16.0 Å². The summed E-state index contributed by atoms with van der Waals surface area (Å²) in [6.07, 6.45) is 1.97. The van der Waals surface area contributed by atoms with E-state index in [-0.39, 0.29) is 18.1 Å². The third kappa shape index (κ3) is 6.54. The number of hydrogen-bond donors (Lipinski definition) is 3. The highest BCUT2D eigenvalue weighted by Gasteiger charge is 2.04. The predicted octanol–water partition coefficient (Wildman–Crippen LogP) is 0.973. The van der Waals surface area contributed by atoms with Crippen molar-refractivity contribution in [2.45, 2.75) is 19.9 Å². The fourth-order valence-electron chi connectivity index (χ4n) is 2.29. The van der Waals surface area contributed by atoms with Crippen molar-refractivity contribution in [1.82, 2.24) is 25.7 Å². The smallest absolute Gasteiger partial charge is 0.224 e. The number of nitrogens with zero attached hydrogens (tertiary/aromatic N) is 3. The molecule has 2 aromatic rings. The van der Waals surface area contributed by atoms with Gasteiger partial charge in [0.1, 0.15) is 5.82 Å². The van der Waals surface area contributed by atoms with Crippen LogP contribution in [-0.4, -0.2) is 41.3 Å². The molecule has 0 radical (unpaired) electrons. The van der Waals surface area contributed by atoms with Gasteiger partial charge in [-0.05, 0) is 30.7 Å². The van der Waals surface area contributed by atoms with E-state index in [1.807, 2.05) is 20.0 Å². The van der Waals surface area contributed by atoms with Crippen LogP contribution in [0.15, 0.2) is 41.5 Å². The molecule has 0 saturated carbocycles. The van der Waals surface area contributed by atoms with E-state index >= 15 is 0 Å². The van der Waals surface area contributed by atoms with Gasteiger partial charge in [0.25, 0.3) is 0 Å². The van der Waals surface area contributed by atoms with Crippen LogP contribution in [0.2, 0.25) is 0 Å². The zero-order valence-electron chi connectivity index (χ0n) is 15.1. The zero-order valence-corrected chi connectivity index (χ0v) is 15.1. The average Bonchev–Trinajstić information content (AvgIpc) is 3.03. The number of hydrogen-bond acceptors (Lipinski definition) is 3. The second kappa shape index (κ2) is 10.2. The summed E-state index contributed by atoms with van der Waals surface area (Å²) in [5, 5.41) is 13.3. The number of carbonyl (C=O) groups is 1. The normalized spacial score (nSPS) is 11.3. The summed E-state index contributed by atoms with van der Waals surface area (Å²) in [6, 6.07) is 7.85. The van der Waals surface area contributed by atoms with E-state index in [0.29, 0.717) is 25.6 Å². The molecule has 0 bridgehead atoms. The first kappa shape index (κ1) is 19.4. The topological polar surface area (TPSA) is 83.3 Å². The van der Waals surface area contributed by atoms with Crippen LogP contribution in [0.1, 0.15) is 18.2 Å². The molecule has 1 aromatic heterocycles. The maximum atomic E-state index is 12.9. The Kier molecular flexibility index (Phi) is 7.60. The Balaban J connectivity index is 1.72. The number of carbonyl (C=O) groups excluding carboxylic acids is 1. The van der Waals surface area contributed by atoms with Crippen molar-refractivity contribution in [2.24, 2.45) is 12.0 Å². The number of guanidine groups is 1. The minimum absolute atomic E-state index is 0.102. The Bertz CT molecular complexity index is 726. The molecule has 0 aliphatic carbocycles. The molecule has 1 amide bonds. The van der Waals surface area contributed by atoms with Gasteiger partial charge in [0, 0.05) is 32.9 Å². The van der Waals surface area contributed by atoms with E-state index in [9.17, 15) is 9.18 Å². The molecule has 0 aliphatic rings. The van der Waals surface area contributed by atoms with Crippen molar-refractivity contribution in [3.8, 4) is 0 Å². The second-order valence-electron chi connectivity index (χ2n) is 5.72. The molecule has 8 heteroatoms. The van der Waals surface area contributed by atoms with E-state index in [2.05, 4.69) is 26.0 Å². The molecule has 0 saturated heterocycles. The van der Waals surface area contributed by atoms with Crippen LogP contribution in [0.3, 0.4) is 0 Å². The van der Waals surface area contributed by atoms with Crippen molar-refractivity contribution < 1.29 is 9.18 Å². The molecule has 1 aromatic carbocycles. The second-order valence-corrected chi connectivity index (χ2v) is 5.72. The first-order valence-corrected chi connectivity index (χ1v) is 8.58. The summed E-state index contributed by atoms with van der Waals surface area (Å²) in [4.78, 5) is 16.4. The molecule has 0 spiro atoms. The van der Waals surface area contributed by atoms with Crippen LogP contribution in [0.4, 0.5) is 4.39 Å². The Hall–Kier alpha value is -2.90. The predicted molar refractivity (Wildman–Crippen MR) is 99.1 cm³/mol. The lowest BCUT2D eigenvalue weighted by atomic mass is 10.1. The fraction of sp³-hybridized carbons (Fsp3) is 0.389. The van der Waals surface area contributed by atoms with Gasteiger partial charge in [0.2, 0.25) is 5.91 Å². The van der Waals surface area contributed by atoms with Gasteiger partial charge in [0.05, 0.1) is 18.7 Å². The number of benzene rings is 1. The van der Waals surface area contributed by atoms with Gasteiger partial charge in [-0.15, -0.1) is 0 Å². The third-order valence-electron chi connectivity index (χ3n) is 3.68. The molecule has 7 nitrogen and oxygen atoms in total. The lowest BCUT2D eigenvalue weighted by Gasteiger charge is -2.12. The van der Waals surface area contributed by atoms with Gasteiger partial charge >= 0.3 is 0 Å². The Labute approximate surface area is 152 Å². The molecule has 1 heterocycles. The molecule has 26 heavy (non-hydrogen) atoms. The monoisotopic (exact) mass is 360 g/mol. The van der Waals surface area contributed by atoms with Gasteiger partial charge in [-0.2, -0.15) is 5.10 Å². The first-order valence-electron chi connectivity index (χ1n) is 8.58. The van der Waals surface area contributed by atoms with Gasteiger partial charge < -0.3 is 16.0 Å². The Morgan fingerprint density at radius 1 is 1.15 bits per heavy atom. The van der Waals surface area contributed by atoms with Crippen molar-refractivity contribution >= 4 is 11.9 Å². The van der Waals surface area contributed by atoms with Crippen LogP contribution in [-0.2, 0) is 24.8 Å². The molecule has 140 valence electrons. The number of aryl methyl sites for hydroxylation is 1. The number of amides is 1. The molecular weight excluding hydrogens is 335 g/mol. The number of rotatable bonds is 8. The van der Waals surface area contributed by atoms with Gasteiger partial charge in [-0.1, -0.05) is 12.1 Å². The van der Waals surface area contributed by atoms with Gasteiger partial charge in [0.15, 0.2) is 5.96 Å². The molecular formula is C18H25FN6O. The molecule has 0 fully saturated rings. The first-order chi connectivity index (χ1) is 12.6. The van der Waals surface area contributed by atoms with Crippen molar-refractivity contribution in [3.05, 3.63) is 53.6 Å². The standard InChI is InChI=1S/C18H25FN6O/c1-3-20-18(23-13-16-8-9-24-25(16)2)22-11-10-21-17(26)12-14-4-6-15(19)7-5-14/h4-9H,3,10-13H2,1-2H3,(H,21,26)(H2,20,22,23). The van der Waals surface area contributed by atoms with E-state index in [0.717, 1.165) is 17.8 Å². The SMILES string of the molecule is CCNC(=NCc1ccnn1C)NCCNC(=O)Cc1ccc(F)cc1. The van der Waals surface area contributed by atoms with E-state index in [1.165, 1.54) is 12.1 Å². The average molecular weight is 360 g/mol. The summed E-state index contributed by atoms with van der Waals surface area (Å²) < 4.78 is 14.6. The van der Waals surface area contributed by atoms with E-state index in [4.69, 9.17) is 0 Å². The molecule has 0 aliphatic heterocycles. The quantitative estimate of drug-likeness (QED) is 0.372. The number of aromatic nitrogens is 2. The van der Waals surface area contributed by atoms with Crippen LogP contribution in [0, 0.1) is 5.82 Å². The molecule has 2 rings (SSSR count). The maximum Gasteiger partial charge on any atom is 0.224 e. The summed E-state index contributed by atoms with van der Waals surface area (Å²) in [5.74, 6) is 0.274. The van der Waals surface area contributed by atoms with Crippen LogP contribution >= 0.6 is 0 Å². The maximum absolute atomic E-state index is 12.9. The van der Waals surface area contributed by atoms with E-state index in [1.54, 1.807) is 23.0 Å². The number of halogens is 1.